The average Bonchev–Trinajstić information content (AvgIpc) is 0.752. The SMILES string of the molecule is O=S(=O)(O)c1cc(Nc2nc(Nc3cc(S(=O)(=O)O)cc4cc(S(=O)(=O)O)c(N=Nc5ccccc5)c(O)c34)nc(N3CCOCC3)n2)cc(-c2ccc(Nc3nc(Nc4cc(S(=O)(=O)O)cc5cc(S(=O)(=O)O)c(N=Nc6ccccc6)c(O)c45)nc(N4CCOCC4)n3)c(S(=O)(=O)O)c2)c1. The number of aromatic nitrogens is 6. The van der Waals surface area contributed by atoms with Crippen molar-refractivity contribution in [3.63, 3.8) is 0 Å². The molecule has 2 fully saturated rings. The van der Waals surface area contributed by atoms with E-state index < -0.39 is 170 Å². The molecule has 0 bridgehead atoms. The summed E-state index contributed by atoms with van der Waals surface area (Å²) in [6, 6.07) is 26.5. The quantitative estimate of drug-likeness (QED) is 0.0237. The number of hydrogen-bond acceptors (Lipinski definition) is 32. The highest BCUT2D eigenvalue weighted by molar-refractivity contribution is 7.87. The minimum atomic E-state index is -5.36. The van der Waals surface area contributed by atoms with E-state index in [0.717, 1.165) is 60.7 Å². The summed E-state index contributed by atoms with van der Waals surface area (Å²) in [5, 5.41) is 48.9. The Bertz CT molecular complexity index is 5850. The first-order valence-electron chi connectivity index (χ1n) is 29.1. The predicted octanol–water partition coefficient (Wildman–Crippen LogP) is 8.40. The van der Waals surface area contributed by atoms with Gasteiger partial charge in [0.1, 0.15) is 26.1 Å². The van der Waals surface area contributed by atoms with Crippen LogP contribution in [0.2, 0.25) is 0 Å². The number of rotatable bonds is 21. The normalized spacial score (nSPS) is 14.4. The molecule has 2 aliphatic heterocycles. The Kier molecular flexibility index (Phi) is 19.3. The number of nitrogens with zero attached hydrogens (tertiary/aromatic N) is 12. The number of nitrogens with one attached hydrogen (secondary N) is 4. The van der Waals surface area contributed by atoms with Crippen molar-refractivity contribution in [2.24, 2.45) is 20.5 Å². The molecule has 0 aliphatic carbocycles. The van der Waals surface area contributed by atoms with Crippen molar-refractivity contribution in [2.75, 3.05) is 83.7 Å². The fourth-order valence-corrected chi connectivity index (χ4v) is 14.1. The van der Waals surface area contributed by atoms with E-state index >= 15 is 0 Å². The summed E-state index contributed by atoms with van der Waals surface area (Å²) in [6.07, 6.45) is 0. The number of ether oxygens (including phenoxy) is 2. The second kappa shape index (κ2) is 27.7. The summed E-state index contributed by atoms with van der Waals surface area (Å²) in [6.45, 7) is 1.24. The first-order chi connectivity index (χ1) is 48.1. The first kappa shape index (κ1) is 71.1. The number of phenols is 2. The van der Waals surface area contributed by atoms with E-state index in [2.05, 4.69) is 71.6 Å². The summed E-state index contributed by atoms with van der Waals surface area (Å²) in [5.74, 6) is -4.19. The van der Waals surface area contributed by atoms with Crippen LogP contribution in [0.1, 0.15) is 0 Å². The molecule has 0 radical (unpaired) electrons. The van der Waals surface area contributed by atoms with E-state index in [1.165, 1.54) is 36.4 Å². The molecular formula is C58H50N16O22S6. The van der Waals surface area contributed by atoms with Gasteiger partial charge in [-0.3, -0.25) is 27.3 Å². The van der Waals surface area contributed by atoms with Crippen molar-refractivity contribution in [3.05, 3.63) is 133 Å². The molecule has 0 unspecified atom stereocenters. The summed E-state index contributed by atoms with van der Waals surface area (Å²) < 4.78 is 229. The maximum Gasteiger partial charge on any atom is 0.296 e. The highest BCUT2D eigenvalue weighted by atomic mass is 32.2. The molecule has 0 amide bonds. The van der Waals surface area contributed by atoms with Gasteiger partial charge in [0.2, 0.25) is 35.7 Å². The molecule has 4 heterocycles. The van der Waals surface area contributed by atoms with Crippen LogP contribution in [-0.2, 0) is 70.2 Å². The van der Waals surface area contributed by atoms with E-state index in [1.54, 1.807) is 46.2 Å². The molecule has 0 atom stereocenters. The Morgan fingerprint density at radius 1 is 0.363 bits per heavy atom. The zero-order chi connectivity index (χ0) is 72.8. The van der Waals surface area contributed by atoms with Crippen LogP contribution in [0.5, 0.6) is 11.5 Å². The summed E-state index contributed by atoms with van der Waals surface area (Å²) in [5.41, 5.74) is -3.25. The minimum absolute atomic E-state index is 0.123. The van der Waals surface area contributed by atoms with Crippen LogP contribution in [0.3, 0.4) is 0 Å². The van der Waals surface area contributed by atoms with Gasteiger partial charge in [0, 0.05) is 42.6 Å². The van der Waals surface area contributed by atoms with E-state index in [0.29, 0.717) is 0 Å². The van der Waals surface area contributed by atoms with Crippen LogP contribution in [-0.4, -0.2) is 171 Å². The molecule has 2 aromatic heterocycles. The van der Waals surface area contributed by atoms with Crippen LogP contribution in [0.4, 0.5) is 81.2 Å². The third-order valence-corrected chi connectivity index (χ3v) is 20.2. The molecule has 2 saturated heterocycles. The molecular weight excluding hydrogens is 1470 g/mol. The van der Waals surface area contributed by atoms with E-state index in [1.807, 2.05) is 0 Å². The number of benzene rings is 8. The van der Waals surface area contributed by atoms with Crippen LogP contribution >= 0.6 is 0 Å². The average molecular weight is 1520 g/mol. The molecule has 12 N–H and O–H groups in total. The molecule has 44 heteroatoms. The second-order valence-electron chi connectivity index (χ2n) is 21.9. The molecule has 38 nitrogen and oxygen atoms in total. The van der Waals surface area contributed by atoms with Gasteiger partial charge >= 0.3 is 0 Å². The number of hydrogen-bond donors (Lipinski definition) is 12. The van der Waals surface area contributed by atoms with E-state index in [4.69, 9.17) is 9.47 Å². The molecule has 10 aromatic rings. The zero-order valence-electron chi connectivity index (χ0n) is 51.5. The monoisotopic (exact) mass is 1510 g/mol. The van der Waals surface area contributed by atoms with Gasteiger partial charge in [-0.1, -0.05) is 42.5 Å². The third-order valence-electron chi connectivity index (χ3n) is 15.1. The Hall–Kier alpha value is -10.7. The highest BCUT2D eigenvalue weighted by Gasteiger charge is 2.30. The molecule has 8 aromatic carbocycles. The van der Waals surface area contributed by atoms with Gasteiger partial charge in [-0.15, -0.1) is 10.2 Å². The van der Waals surface area contributed by atoms with Crippen molar-refractivity contribution in [1.29, 1.82) is 0 Å². The lowest BCUT2D eigenvalue weighted by molar-refractivity contribution is 0.122. The van der Waals surface area contributed by atoms with Crippen molar-refractivity contribution < 1.29 is 97.5 Å². The van der Waals surface area contributed by atoms with Gasteiger partial charge < -0.3 is 50.8 Å². The molecule has 102 heavy (non-hydrogen) atoms. The minimum Gasteiger partial charge on any atom is -0.505 e. The molecule has 12 rings (SSSR count). The van der Waals surface area contributed by atoms with Crippen molar-refractivity contribution in [3.8, 4) is 22.6 Å². The standard InChI is InChI=1S/C58H50N16O22S6/c75-51-47-33(26-45(101(89,90)91)49(51)71-69-35-7-3-1-4-8-35)23-39(98(80,81)82)29-42(47)61-55-63-53(65-57(67-55)73-13-17-95-18-14-73)59-37-21-32(22-38(28-37)97(77,78)79)31-11-12-41(44(25-31)100(86,87)88)60-54-64-56(68-58(66-54)74-15-19-96-20-16-74)62-43-30-40(99(83,84)85)24-34-27-46(102(92,93)94)50(52(76)48(34)43)72-70-36-9-5-2-6-10-36/h1-12,21-30,75-76H,13-20H2,(H,77,78,79)(H,80,81,82)(H,83,84,85)(H,86,87,88)(H,89,90,91)(H,92,93,94)(H2,59,61,63,65,67)(H2,60,62,64,66,68). The van der Waals surface area contributed by atoms with Crippen LogP contribution in [0.15, 0.2) is 183 Å². The Labute approximate surface area is 577 Å². The van der Waals surface area contributed by atoms with E-state index in [-0.39, 0.29) is 98.1 Å². The van der Waals surface area contributed by atoms with Gasteiger partial charge in [-0.05, 0) is 113 Å². The second-order valence-corrected chi connectivity index (χ2v) is 30.4. The number of phenolic OH excluding ortho intramolecular Hbond substituents is 2. The number of fused-ring (bicyclic) bond motifs is 2. The van der Waals surface area contributed by atoms with Crippen LogP contribution in [0, 0.1) is 0 Å². The molecule has 0 spiro atoms. The number of morpholine rings is 2. The topological polar surface area (TPSA) is 567 Å². The first-order valence-corrected chi connectivity index (χ1v) is 37.8. The fraction of sp³-hybridized carbons (Fsp3) is 0.138. The predicted molar refractivity (Wildman–Crippen MR) is 362 cm³/mol. The lowest BCUT2D eigenvalue weighted by Gasteiger charge is -2.27. The third kappa shape index (κ3) is 16.0. The number of anilines is 10. The summed E-state index contributed by atoms with van der Waals surface area (Å²) in [4.78, 5) is 24.3. The zero-order valence-corrected chi connectivity index (χ0v) is 56.4. The van der Waals surface area contributed by atoms with Crippen LogP contribution in [0.25, 0.3) is 32.7 Å². The summed E-state index contributed by atoms with van der Waals surface area (Å²) in [7, 11) is -31.4. The van der Waals surface area contributed by atoms with Gasteiger partial charge in [-0.2, -0.15) is 90.6 Å². The van der Waals surface area contributed by atoms with Gasteiger partial charge in [-0.25, -0.2) is 0 Å². The van der Waals surface area contributed by atoms with E-state index in [9.17, 15) is 88.0 Å². The number of azo groups is 2. The highest BCUT2D eigenvalue weighted by Crippen LogP contribution is 2.48. The smallest absolute Gasteiger partial charge is 0.296 e. The fourth-order valence-electron chi connectivity index (χ4n) is 10.5. The number of aromatic hydroxyl groups is 2. The van der Waals surface area contributed by atoms with Crippen LogP contribution < -0.4 is 31.1 Å². The maximum absolute atomic E-state index is 13.5. The Morgan fingerprint density at radius 3 is 1.14 bits per heavy atom. The van der Waals surface area contributed by atoms with Gasteiger partial charge in [0.25, 0.3) is 60.7 Å². The molecule has 0 saturated carbocycles. The van der Waals surface area contributed by atoms with Gasteiger partial charge in [0.15, 0.2) is 11.5 Å². The van der Waals surface area contributed by atoms with Crippen molar-refractivity contribution in [1.82, 2.24) is 29.9 Å². The lowest BCUT2D eigenvalue weighted by Crippen LogP contribution is -2.37. The lowest BCUT2D eigenvalue weighted by atomic mass is 10.0. The maximum atomic E-state index is 13.5. The van der Waals surface area contributed by atoms with Crippen molar-refractivity contribution >= 4 is 163 Å². The van der Waals surface area contributed by atoms with Gasteiger partial charge in [0.05, 0.1) is 69.6 Å². The largest absolute Gasteiger partial charge is 0.505 e. The molecule has 2 aliphatic rings. The summed E-state index contributed by atoms with van der Waals surface area (Å²) >= 11 is 0. The Morgan fingerprint density at radius 2 is 0.745 bits per heavy atom. The molecule has 530 valence electrons. The van der Waals surface area contributed by atoms with Crippen molar-refractivity contribution in [2.45, 2.75) is 29.4 Å². The Balaban J connectivity index is 0.934.